The highest BCUT2D eigenvalue weighted by atomic mass is 35.5. The normalized spacial score (nSPS) is 16.3. The van der Waals surface area contributed by atoms with Gasteiger partial charge in [0.1, 0.15) is 5.75 Å². The molecule has 2 rings (SSSR count). The van der Waals surface area contributed by atoms with Crippen molar-refractivity contribution in [3.8, 4) is 5.75 Å². The number of hydrogen-bond acceptors (Lipinski definition) is 3. The Hall–Kier alpha value is -0.930. The second-order valence-corrected chi connectivity index (χ2v) is 4.05. The molecule has 0 unspecified atom stereocenters. The number of rotatable bonds is 3. The van der Waals surface area contributed by atoms with Gasteiger partial charge in [0.25, 0.3) is 0 Å². The Morgan fingerprint density at radius 1 is 1.06 bits per heavy atom. The summed E-state index contributed by atoms with van der Waals surface area (Å²) in [5, 5.41) is 0. The van der Waals surface area contributed by atoms with E-state index in [1.54, 1.807) is 0 Å². The monoisotopic (exact) mass is 242 g/mol. The maximum Gasteiger partial charge on any atom is 0.119 e. The summed E-state index contributed by atoms with van der Waals surface area (Å²) in [5.41, 5.74) is 3.51. The van der Waals surface area contributed by atoms with E-state index >= 15 is 0 Å². The largest absolute Gasteiger partial charge is 0.490 e. The lowest BCUT2D eigenvalue weighted by atomic mass is 9.98. The molecule has 1 aromatic rings. The van der Waals surface area contributed by atoms with Crippen LogP contribution in [0.5, 0.6) is 5.75 Å². The van der Waals surface area contributed by atoms with E-state index in [-0.39, 0.29) is 12.4 Å². The zero-order valence-electron chi connectivity index (χ0n) is 9.32. The Kier molecular flexibility index (Phi) is 5.43. The summed E-state index contributed by atoms with van der Waals surface area (Å²) >= 11 is 0. The van der Waals surface area contributed by atoms with Crippen molar-refractivity contribution in [2.24, 2.45) is 5.84 Å². The summed E-state index contributed by atoms with van der Waals surface area (Å²) in [5.74, 6) is 6.24. The van der Waals surface area contributed by atoms with Gasteiger partial charge in [-0.1, -0.05) is 6.42 Å². The average Bonchev–Trinajstić information content (AvgIpc) is 2.31. The van der Waals surface area contributed by atoms with Crippen molar-refractivity contribution in [2.75, 3.05) is 5.43 Å². The van der Waals surface area contributed by atoms with Crippen LogP contribution in [0.3, 0.4) is 0 Å². The van der Waals surface area contributed by atoms with E-state index in [2.05, 4.69) is 5.43 Å². The van der Waals surface area contributed by atoms with E-state index in [1.807, 2.05) is 24.3 Å². The summed E-state index contributed by atoms with van der Waals surface area (Å²) in [6.07, 6.45) is 6.75. The molecule has 3 N–H and O–H groups in total. The Bertz CT molecular complexity index is 296. The SMILES string of the molecule is Cl.NNc1ccc(OC2CCCCC2)cc1. The number of nitrogens with two attached hydrogens (primary N) is 1. The minimum absolute atomic E-state index is 0. The van der Waals surface area contributed by atoms with Crippen LogP contribution in [0, 0.1) is 0 Å². The Labute approximate surface area is 103 Å². The number of hydrogen-bond donors (Lipinski definition) is 2. The lowest BCUT2D eigenvalue weighted by molar-refractivity contribution is 0.155. The van der Waals surface area contributed by atoms with Gasteiger partial charge in [-0.05, 0) is 49.9 Å². The van der Waals surface area contributed by atoms with E-state index in [9.17, 15) is 0 Å². The summed E-state index contributed by atoms with van der Waals surface area (Å²) < 4.78 is 5.89. The molecule has 3 nitrogen and oxygen atoms in total. The molecule has 0 radical (unpaired) electrons. The molecule has 0 saturated heterocycles. The van der Waals surface area contributed by atoms with E-state index in [0.717, 1.165) is 11.4 Å². The fourth-order valence-corrected chi connectivity index (χ4v) is 2.01. The van der Waals surface area contributed by atoms with Crippen LogP contribution in [0.2, 0.25) is 0 Å². The molecule has 0 aliphatic heterocycles. The van der Waals surface area contributed by atoms with Gasteiger partial charge in [-0.2, -0.15) is 0 Å². The number of halogens is 1. The molecule has 16 heavy (non-hydrogen) atoms. The van der Waals surface area contributed by atoms with Gasteiger partial charge in [-0.15, -0.1) is 12.4 Å². The summed E-state index contributed by atoms with van der Waals surface area (Å²) in [4.78, 5) is 0. The van der Waals surface area contributed by atoms with Crippen molar-refractivity contribution in [1.29, 1.82) is 0 Å². The van der Waals surface area contributed by atoms with Crippen LogP contribution in [0.25, 0.3) is 0 Å². The molecule has 0 bridgehead atoms. The third-order valence-corrected chi connectivity index (χ3v) is 2.88. The first-order valence-electron chi connectivity index (χ1n) is 5.62. The van der Waals surface area contributed by atoms with Gasteiger partial charge < -0.3 is 10.2 Å². The van der Waals surface area contributed by atoms with Gasteiger partial charge in [-0.3, -0.25) is 5.84 Å². The van der Waals surface area contributed by atoms with Gasteiger partial charge in [0, 0.05) is 5.69 Å². The predicted molar refractivity (Wildman–Crippen MR) is 69.0 cm³/mol. The molecule has 0 amide bonds. The lowest BCUT2D eigenvalue weighted by Crippen LogP contribution is -2.19. The highest BCUT2D eigenvalue weighted by Gasteiger charge is 2.14. The van der Waals surface area contributed by atoms with Gasteiger partial charge >= 0.3 is 0 Å². The van der Waals surface area contributed by atoms with Crippen LogP contribution in [0.4, 0.5) is 5.69 Å². The van der Waals surface area contributed by atoms with E-state index in [1.165, 1.54) is 32.1 Å². The number of benzene rings is 1. The van der Waals surface area contributed by atoms with Crippen LogP contribution in [0.1, 0.15) is 32.1 Å². The topological polar surface area (TPSA) is 47.3 Å². The third kappa shape index (κ3) is 3.58. The number of ether oxygens (including phenoxy) is 1. The fourth-order valence-electron chi connectivity index (χ4n) is 2.01. The van der Waals surface area contributed by atoms with Crippen LogP contribution in [-0.4, -0.2) is 6.10 Å². The van der Waals surface area contributed by atoms with E-state index in [4.69, 9.17) is 10.6 Å². The summed E-state index contributed by atoms with van der Waals surface area (Å²) in [6.45, 7) is 0. The minimum atomic E-state index is 0. The van der Waals surface area contributed by atoms with Crippen molar-refractivity contribution in [2.45, 2.75) is 38.2 Å². The number of anilines is 1. The smallest absolute Gasteiger partial charge is 0.119 e. The Balaban J connectivity index is 0.00000128. The minimum Gasteiger partial charge on any atom is -0.490 e. The summed E-state index contributed by atoms with van der Waals surface area (Å²) in [6, 6.07) is 7.78. The molecule has 1 fully saturated rings. The standard InChI is InChI=1S/C12H18N2O.ClH/c13-14-10-6-8-12(9-7-10)15-11-4-2-1-3-5-11;/h6-9,11,14H,1-5,13H2;1H. The highest BCUT2D eigenvalue weighted by molar-refractivity contribution is 5.85. The van der Waals surface area contributed by atoms with E-state index in [0.29, 0.717) is 6.10 Å². The van der Waals surface area contributed by atoms with Crippen molar-refractivity contribution in [3.05, 3.63) is 24.3 Å². The van der Waals surface area contributed by atoms with Crippen LogP contribution >= 0.6 is 12.4 Å². The van der Waals surface area contributed by atoms with Gasteiger partial charge in [0.2, 0.25) is 0 Å². The van der Waals surface area contributed by atoms with Crippen molar-refractivity contribution in [3.63, 3.8) is 0 Å². The second-order valence-electron chi connectivity index (χ2n) is 4.05. The molecule has 1 aromatic carbocycles. The molecular formula is C12H19ClN2O. The first kappa shape index (κ1) is 13.1. The first-order chi connectivity index (χ1) is 7.38. The molecule has 0 atom stereocenters. The maximum atomic E-state index is 5.89. The van der Waals surface area contributed by atoms with Crippen molar-refractivity contribution in [1.82, 2.24) is 0 Å². The molecule has 1 aliphatic rings. The first-order valence-corrected chi connectivity index (χ1v) is 5.62. The number of hydrazine groups is 1. The quantitative estimate of drug-likeness (QED) is 0.633. The Morgan fingerprint density at radius 3 is 2.25 bits per heavy atom. The fraction of sp³-hybridized carbons (Fsp3) is 0.500. The average molecular weight is 243 g/mol. The van der Waals surface area contributed by atoms with Gasteiger partial charge in [0.15, 0.2) is 0 Å². The molecule has 0 aromatic heterocycles. The third-order valence-electron chi connectivity index (χ3n) is 2.88. The molecule has 1 aliphatic carbocycles. The molecule has 90 valence electrons. The highest BCUT2D eigenvalue weighted by Crippen LogP contribution is 2.24. The molecule has 4 heteroatoms. The second kappa shape index (κ2) is 6.61. The van der Waals surface area contributed by atoms with Gasteiger partial charge in [-0.25, -0.2) is 0 Å². The predicted octanol–water partition coefficient (Wildman–Crippen LogP) is 3.11. The zero-order valence-corrected chi connectivity index (χ0v) is 10.1. The molecule has 1 saturated carbocycles. The molecule has 0 spiro atoms. The van der Waals surface area contributed by atoms with Crippen LogP contribution in [-0.2, 0) is 0 Å². The van der Waals surface area contributed by atoms with Crippen molar-refractivity contribution >= 4 is 18.1 Å². The number of nitrogens with one attached hydrogen (secondary N) is 1. The number of nitrogen functional groups attached to an aromatic ring is 1. The summed E-state index contributed by atoms with van der Waals surface area (Å²) in [7, 11) is 0. The van der Waals surface area contributed by atoms with Crippen LogP contribution < -0.4 is 16.0 Å². The lowest BCUT2D eigenvalue weighted by Gasteiger charge is -2.23. The van der Waals surface area contributed by atoms with Crippen LogP contribution in [0.15, 0.2) is 24.3 Å². The Morgan fingerprint density at radius 2 is 1.69 bits per heavy atom. The maximum absolute atomic E-state index is 5.89. The molecule has 0 heterocycles. The zero-order chi connectivity index (χ0) is 10.5. The van der Waals surface area contributed by atoms with Gasteiger partial charge in [0.05, 0.1) is 6.10 Å². The van der Waals surface area contributed by atoms with Crippen molar-refractivity contribution < 1.29 is 4.74 Å². The van der Waals surface area contributed by atoms with E-state index < -0.39 is 0 Å². The molecular weight excluding hydrogens is 224 g/mol.